The van der Waals surface area contributed by atoms with Crippen molar-refractivity contribution in [2.24, 2.45) is 5.92 Å². The highest BCUT2D eigenvalue weighted by atomic mass is 16.6. The third-order valence-electron chi connectivity index (χ3n) is 4.11. The van der Waals surface area contributed by atoms with Gasteiger partial charge in [0, 0.05) is 18.6 Å². The van der Waals surface area contributed by atoms with Crippen LogP contribution in [0.4, 0.5) is 4.79 Å². The van der Waals surface area contributed by atoms with E-state index in [0.717, 1.165) is 12.3 Å². The van der Waals surface area contributed by atoms with Crippen LogP contribution >= 0.6 is 0 Å². The zero-order valence-corrected chi connectivity index (χ0v) is 14.5. The van der Waals surface area contributed by atoms with E-state index in [1.54, 1.807) is 0 Å². The Balaban J connectivity index is 2.40. The van der Waals surface area contributed by atoms with Crippen molar-refractivity contribution in [2.75, 3.05) is 6.54 Å². The van der Waals surface area contributed by atoms with Gasteiger partial charge in [0.25, 0.3) is 0 Å². The summed E-state index contributed by atoms with van der Waals surface area (Å²) in [6.45, 7) is 10.8. The first kappa shape index (κ1) is 18.3. The smallest absolute Gasteiger partial charge is 0.407 e. The fourth-order valence-electron chi connectivity index (χ4n) is 2.91. The van der Waals surface area contributed by atoms with Crippen molar-refractivity contribution in [1.82, 2.24) is 10.6 Å². The van der Waals surface area contributed by atoms with E-state index < -0.39 is 5.60 Å². The number of alkyl carbamates (subject to hydrolysis) is 1. The van der Waals surface area contributed by atoms with Crippen LogP contribution in [0.1, 0.15) is 73.1 Å². The number of carbonyl (C=O) groups is 1. The highest BCUT2D eigenvalue weighted by Crippen LogP contribution is 2.25. The molecule has 0 heterocycles. The van der Waals surface area contributed by atoms with Crippen LogP contribution in [0.25, 0.3) is 0 Å². The van der Waals surface area contributed by atoms with Crippen molar-refractivity contribution < 1.29 is 9.53 Å². The van der Waals surface area contributed by atoms with Crippen molar-refractivity contribution in [3.8, 4) is 0 Å². The maximum atomic E-state index is 11.8. The summed E-state index contributed by atoms with van der Waals surface area (Å²) >= 11 is 0. The Kier molecular flexibility index (Phi) is 7.50. The molecule has 0 aromatic heterocycles. The third kappa shape index (κ3) is 7.70. The second-order valence-electron chi connectivity index (χ2n) is 7.40. The summed E-state index contributed by atoms with van der Waals surface area (Å²) in [6, 6.07) is 0.954. The second-order valence-corrected chi connectivity index (χ2v) is 7.40. The molecule has 0 bridgehead atoms. The molecule has 3 atom stereocenters. The normalized spacial score (nSPS) is 23.9. The van der Waals surface area contributed by atoms with Crippen molar-refractivity contribution in [3.63, 3.8) is 0 Å². The van der Waals surface area contributed by atoms with E-state index in [1.807, 2.05) is 20.8 Å². The summed E-state index contributed by atoms with van der Waals surface area (Å²) in [5.41, 5.74) is -0.434. The van der Waals surface area contributed by atoms with Gasteiger partial charge in [0.15, 0.2) is 0 Å². The molecule has 4 heteroatoms. The van der Waals surface area contributed by atoms with Crippen molar-refractivity contribution in [2.45, 2.75) is 90.8 Å². The largest absolute Gasteiger partial charge is 0.444 e. The van der Waals surface area contributed by atoms with Gasteiger partial charge in [0.05, 0.1) is 0 Å². The fraction of sp³-hybridized carbons (Fsp3) is 0.941. The molecular weight excluding hydrogens is 264 g/mol. The first-order valence-corrected chi connectivity index (χ1v) is 8.54. The van der Waals surface area contributed by atoms with Crippen LogP contribution in [-0.4, -0.2) is 30.3 Å². The molecule has 1 amide bonds. The molecule has 3 unspecified atom stereocenters. The number of carbonyl (C=O) groups excluding carboxylic acids is 1. The summed E-state index contributed by atoms with van der Waals surface area (Å²) in [5, 5.41) is 6.66. The van der Waals surface area contributed by atoms with Crippen molar-refractivity contribution >= 4 is 6.09 Å². The van der Waals surface area contributed by atoms with Gasteiger partial charge in [0.1, 0.15) is 5.60 Å². The first-order valence-electron chi connectivity index (χ1n) is 8.54. The average molecular weight is 298 g/mol. The molecule has 1 fully saturated rings. The standard InChI is InChI=1S/C17H34N2O2/c1-6-7-10-14(19-15-11-8-9-13(15)2)12-18-16(20)21-17(3,4)5/h13-15,19H,6-12H2,1-5H3,(H,18,20). The average Bonchev–Trinajstić information content (AvgIpc) is 2.76. The summed E-state index contributed by atoms with van der Waals surface area (Å²) in [4.78, 5) is 11.8. The Labute approximate surface area is 130 Å². The molecule has 1 aliphatic rings. The van der Waals surface area contributed by atoms with Crippen molar-refractivity contribution in [1.29, 1.82) is 0 Å². The SMILES string of the molecule is CCCCC(CNC(=O)OC(C)(C)C)NC1CCCC1C. The molecule has 0 aliphatic heterocycles. The lowest BCUT2D eigenvalue weighted by Crippen LogP contribution is -2.47. The van der Waals surface area contributed by atoms with E-state index in [0.29, 0.717) is 18.6 Å². The van der Waals surface area contributed by atoms with Gasteiger partial charge in [-0.15, -0.1) is 0 Å². The van der Waals surface area contributed by atoms with Gasteiger partial charge in [0.2, 0.25) is 0 Å². The highest BCUT2D eigenvalue weighted by molar-refractivity contribution is 5.67. The molecule has 0 radical (unpaired) electrons. The lowest BCUT2D eigenvalue weighted by molar-refractivity contribution is 0.0520. The van der Waals surface area contributed by atoms with Crippen LogP contribution in [0, 0.1) is 5.92 Å². The molecule has 124 valence electrons. The minimum atomic E-state index is -0.434. The van der Waals surface area contributed by atoms with Gasteiger partial charge in [-0.1, -0.05) is 33.1 Å². The number of nitrogens with one attached hydrogen (secondary N) is 2. The van der Waals surface area contributed by atoms with Crippen LogP contribution in [0.3, 0.4) is 0 Å². The summed E-state index contributed by atoms with van der Waals surface area (Å²) in [5.74, 6) is 0.746. The zero-order chi connectivity index (χ0) is 15.9. The Hall–Kier alpha value is -0.770. The quantitative estimate of drug-likeness (QED) is 0.750. The van der Waals surface area contributed by atoms with Crippen LogP contribution < -0.4 is 10.6 Å². The maximum Gasteiger partial charge on any atom is 0.407 e. The first-order chi connectivity index (χ1) is 9.81. The molecule has 0 aromatic rings. The topological polar surface area (TPSA) is 50.4 Å². The molecule has 4 nitrogen and oxygen atoms in total. The number of hydrogen-bond acceptors (Lipinski definition) is 3. The van der Waals surface area contributed by atoms with Crippen molar-refractivity contribution in [3.05, 3.63) is 0 Å². The van der Waals surface area contributed by atoms with E-state index >= 15 is 0 Å². The molecule has 0 saturated heterocycles. The molecule has 1 saturated carbocycles. The van der Waals surface area contributed by atoms with Gasteiger partial charge < -0.3 is 15.4 Å². The maximum absolute atomic E-state index is 11.8. The Morgan fingerprint density at radius 2 is 2.05 bits per heavy atom. The second kappa shape index (κ2) is 8.62. The zero-order valence-electron chi connectivity index (χ0n) is 14.5. The van der Waals surface area contributed by atoms with Crippen LogP contribution in [0.2, 0.25) is 0 Å². The van der Waals surface area contributed by atoms with Gasteiger partial charge in [-0.05, 0) is 46.0 Å². The minimum Gasteiger partial charge on any atom is -0.444 e. The number of hydrogen-bond donors (Lipinski definition) is 2. The summed E-state index contributed by atoms with van der Waals surface area (Å²) in [7, 11) is 0. The Morgan fingerprint density at radius 3 is 2.57 bits per heavy atom. The number of amides is 1. The number of unbranched alkanes of at least 4 members (excludes halogenated alkanes) is 1. The minimum absolute atomic E-state index is 0.315. The van der Waals surface area contributed by atoms with E-state index in [4.69, 9.17) is 4.74 Å². The molecule has 0 aromatic carbocycles. The predicted octanol–water partition coefficient (Wildman–Crippen LogP) is 3.85. The lowest BCUT2D eigenvalue weighted by atomic mass is 10.0. The van der Waals surface area contributed by atoms with E-state index in [2.05, 4.69) is 24.5 Å². The highest BCUT2D eigenvalue weighted by Gasteiger charge is 2.26. The molecule has 21 heavy (non-hydrogen) atoms. The number of rotatable bonds is 7. The molecule has 1 aliphatic carbocycles. The van der Waals surface area contributed by atoms with E-state index in [-0.39, 0.29) is 6.09 Å². The number of ether oxygens (including phenoxy) is 1. The molecule has 0 spiro atoms. The molecular formula is C17H34N2O2. The summed E-state index contributed by atoms with van der Waals surface area (Å²) < 4.78 is 5.31. The van der Waals surface area contributed by atoms with Crippen LogP contribution in [0.15, 0.2) is 0 Å². The van der Waals surface area contributed by atoms with Crippen LogP contribution in [0.5, 0.6) is 0 Å². The molecule has 1 rings (SSSR count). The fourth-order valence-corrected chi connectivity index (χ4v) is 2.91. The van der Waals surface area contributed by atoms with E-state index in [9.17, 15) is 4.79 Å². The summed E-state index contributed by atoms with van der Waals surface area (Å²) in [6.07, 6.45) is 7.06. The van der Waals surface area contributed by atoms with Gasteiger partial charge in [-0.2, -0.15) is 0 Å². The van der Waals surface area contributed by atoms with E-state index in [1.165, 1.54) is 32.1 Å². The lowest BCUT2D eigenvalue weighted by Gasteiger charge is -2.27. The third-order valence-corrected chi connectivity index (χ3v) is 4.11. The Morgan fingerprint density at radius 1 is 1.33 bits per heavy atom. The Bertz CT molecular complexity index is 312. The predicted molar refractivity (Wildman–Crippen MR) is 87.5 cm³/mol. The molecule has 2 N–H and O–H groups in total. The van der Waals surface area contributed by atoms with Gasteiger partial charge in [-0.25, -0.2) is 4.79 Å². The monoisotopic (exact) mass is 298 g/mol. The van der Waals surface area contributed by atoms with Gasteiger partial charge >= 0.3 is 6.09 Å². The van der Waals surface area contributed by atoms with Crippen LogP contribution in [-0.2, 0) is 4.74 Å². The van der Waals surface area contributed by atoms with Gasteiger partial charge in [-0.3, -0.25) is 0 Å².